The molecule has 13 nitrogen and oxygen atoms in total. The molecule has 2 aromatic heterocycles. The molecular weight excluding hydrogens is 738 g/mol. The van der Waals surface area contributed by atoms with Gasteiger partial charge in [0.15, 0.2) is 12.1 Å². The van der Waals surface area contributed by atoms with Crippen molar-refractivity contribution in [3.05, 3.63) is 137 Å². The number of ether oxygens (including phenoxy) is 2. The van der Waals surface area contributed by atoms with Crippen molar-refractivity contribution >= 4 is 73.0 Å². The summed E-state index contributed by atoms with van der Waals surface area (Å²) in [6, 6.07) is 29.2. The molecule has 0 bridgehead atoms. The Hall–Kier alpha value is -6.39. The Balaban J connectivity index is 0.000000168. The van der Waals surface area contributed by atoms with Gasteiger partial charge >= 0.3 is 17.6 Å². The second-order valence-electron chi connectivity index (χ2n) is 11.7. The minimum Gasteiger partial charge on any atom is -0.480 e. The number of nitrogens with zero attached hydrogens (tertiary/aromatic N) is 5. The van der Waals surface area contributed by atoms with Crippen molar-refractivity contribution in [2.45, 2.75) is 12.1 Å². The number of halogens is 1. The molecule has 6 aromatic rings. The summed E-state index contributed by atoms with van der Waals surface area (Å²) in [5.74, 6) is 0.0155. The highest BCUT2D eigenvalue weighted by molar-refractivity contribution is 8.15. The van der Waals surface area contributed by atoms with Crippen LogP contribution in [-0.4, -0.2) is 70.7 Å². The van der Waals surface area contributed by atoms with Gasteiger partial charge < -0.3 is 19.7 Å². The maximum absolute atomic E-state index is 13.3. The minimum absolute atomic E-state index is 0.0725. The topological polar surface area (TPSA) is 187 Å². The van der Waals surface area contributed by atoms with Gasteiger partial charge in [0.25, 0.3) is 0 Å². The largest absolute Gasteiger partial charge is 0.480 e. The van der Waals surface area contributed by atoms with Crippen molar-refractivity contribution in [3.63, 3.8) is 0 Å². The zero-order valence-corrected chi connectivity index (χ0v) is 29.4. The van der Waals surface area contributed by atoms with Crippen LogP contribution >= 0.6 is 23.5 Å². The fraction of sp³-hybridized carbons (Fsp3) is 0.105. The third kappa shape index (κ3) is 8.29. The molecule has 4 aromatic carbocycles. The van der Waals surface area contributed by atoms with Crippen molar-refractivity contribution in [1.29, 1.82) is 0 Å². The van der Waals surface area contributed by atoms with E-state index < -0.39 is 40.5 Å². The number of rotatable bonds is 9. The summed E-state index contributed by atoms with van der Waals surface area (Å²) in [6.07, 6.45) is 0. The number of para-hydroxylation sites is 1. The molecule has 0 unspecified atom stereocenters. The number of benzene rings is 4. The van der Waals surface area contributed by atoms with Crippen LogP contribution in [0, 0.1) is 15.9 Å². The van der Waals surface area contributed by atoms with Gasteiger partial charge in [0, 0.05) is 22.3 Å². The van der Waals surface area contributed by atoms with Crippen molar-refractivity contribution in [2.24, 2.45) is 9.98 Å². The molecule has 54 heavy (non-hydrogen) atoms. The summed E-state index contributed by atoms with van der Waals surface area (Å²) < 4.78 is 24.7. The normalized spacial score (nSPS) is 16.2. The molecular formula is C38H26FN5O8S2. The zero-order valence-electron chi connectivity index (χ0n) is 27.7. The van der Waals surface area contributed by atoms with E-state index in [1.165, 1.54) is 29.6 Å². The summed E-state index contributed by atoms with van der Waals surface area (Å²) in [6.45, 7) is 0. The Morgan fingerprint density at radius 1 is 0.685 bits per heavy atom. The van der Waals surface area contributed by atoms with Crippen molar-refractivity contribution in [1.82, 2.24) is 9.97 Å². The first-order valence-corrected chi connectivity index (χ1v) is 18.1. The Morgan fingerprint density at radius 3 is 1.72 bits per heavy atom. The van der Waals surface area contributed by atoms with Crippen molar-refractivity contribution < 1.29 is 38.6 Å². The lowest BCUT2D eigenvalue weighted by Crippen LogP contribution is -2.17. The average Bonchev–Trinajstić information content (AvgIpc) is 3.88. The molecule has 0 radical (unpaired) electrons. The van der Waals surface area contributed by atoms with Crippen molar-refractivity contribution in [3.8, 4) is 23.0 Å². The fourth-order valence-corrected chi connectivity index (χ4v) is 7.32. The van der Waals surface area contributed by atoms with Gasteiger partial charge in [-0.25, -0.2) is 23.9 Å². The first kappa shape index (κ1) is 36.0. The van der Waals surface area contributed by atoms with Gasteiger partial charge in [0.2, 0.25) is 5.75 Å². The van der Waals surface area contributed by atoms with Gasteiger partial charge in [0.1, 0.15) is 33.2 Å². The van der Waals surface area contributed by atoms with Crippen LogP contribution in [0.3, 0.4) is 0 Å². The second-order valence-corrected chi connectivity index (χ2v) is 13.7. The van der Waals surface area contributed by atoms with Crippen LogP contribution in [0.25, 0.3) is 21.8 Å². The number of nitro benzene ring substituents is 1. The lowest BCUT2D eigenvalue weighted by Gasteiger charge is -2.08. The summed E-state index contributed by atoms with van der Waals surface area (Å²) in [5.41, 5.74) is 2.26. The predicted octanol–water partition coefficient (Wildman–Crippen LogP) is 7.99. The number of carboxylic acids is 2. The molecule has 0 fully saturated rings. The van der Waals surface area contributed by atoms with E-state index in [0.717, 1.165) is 39.9 Å². The number of nitro groups is 1. The van der Waals surface area contributed by atoms with Crippen LogP contribution in [0.1, 0.15) is 11.4 Å². The number of aliphatic carboxylic acids is 2. The number of pyridine rings is 2. The molecule has 2 N–H and O–H groups in total. The smallest absolute Gasteiger partial charge is 0.329 e. The third-order valence-electron chi connectivity index (χ3n) is 7.96. The lowest BCUT2D eigenvalue weighted by atomic mass is 10.2. The van der Waals surface area contributed by atoms with E-state index >= 15 is 0 Å². The molecule has 0 spiro atoms. The first-order valence-electron chi connectivity index (χ1n) is 16.1. The Labute approximate surface area is 313 Å². The SMILES string of the molecule is O=C(O)[C@H]1CSC(c2ccc3cc(Oc4ccc(F)cc4[N+](=O)[O-])ccc3n2)=N1.O=C(O)[C@H]1CSC(c2ccc3cc(Oc4ccccc4)ccc3n2)=N1. The van der Waals surface area contributed by atoms with Gasteiger partial charge in [-0.2, -0.15) is 0 Å². The van der Waals surface area contributed by atoms with Crippen LogP contribution in [0.5, 0.6) is 23.0 Å². The summed E-state index contributed by atoms with van der Waals surface area (Å²) in [4.78, 5) is 50.0. The lowest BCUT2D eigenvalue weighted by molar-refractivity contribution is -0.385. The van der Waals surface area contributed by atoms with Crippen LogP contribution in [0.4, 0.5) is 10.1 Å². The molecule has 0 amide bonds. The Morgan fingerprint density at radius 2 is 1.22 bits per heavy atom. The highest BCUT2D eigenvalue weighted by Crippen LogP contribution is 2.34. The molecule has 16 heteroatoms. The van der Waals surface area contributed by atoms with Gasteiger partial charge in [-0.15, -0.1) is 23.5 Å². The molecule has 8 rings (SSSR count). The molecule has 2 aliphatic rings. The molecule has 2 aliphatic heterocycles. The van der Waals surface area contributed by atoms with E-state index in [1.54, 1.807) is 30.3 Å². The van der Waals surface area contributed by atoms with Crippen LogP contribution in [-0.2, 0) is 9.59 Å². The maximum atomic E-state index is 13.3. The molecule has 0 saturated heterocycles. The molecule has 2 atom stereocenters. The number of carboxylic acid groups (broad SMARTS) is 2. The fourth-order valence-electron chi connectivity index (χ4n) is 5.32. The number of thioether (sulfide) groups is 2. The highest BCUT2D eigenvalue weighted by Gasteiger charge is 2.27. The van der Waals surface area contributed by atoms with Crippen LogP contribution in [0.2, 0.25) is 0 Å². The second kappa shape index (κ2) is 15.7. The van der Waals surface area contributed by atoms with Gasteiger partial charge in [-0.1, -0.05) is 30.3 Å². The third-order valence-corrected chi connectivity index (χ3v) is 10.1. The van der Waals surface area contributed by atoms with Gasteiger partial charge in [0.05, 0.1) is 33.4 Å². The minimum atomic E-state index is -0.968. The number of carbonyl (C=O) groups is 2. The number of hydrogen-bond donors (Lipinski definition) is 2. The summed E-state index contributed by atoms with van der Waals surface area (Å²) in [7, 11) is 0. The zero-order chi connectivity index (χ0) is 37.8. The number of fused-ring (bicyclic) bond motifs is 2. The predicted molar refractivity (Wildman–Crippen MR) is 204 cm³/mol. The van der Waals surface area contributed by atoms with E-state index in [4.69, 9.17) is 19.7 Å². The molecule has 270 valence electrons. The molecule has 0 saturated carbocycles. The first-order chi connectivity index (χ1) is 26.1. The van der Waals surface area contributed by atoms with E-state index in [2.05, 4.69) is 20.0 Å². The standard InChI is InChI=1S/C19H12FN3O5S.C19H14N2O3S/c20-11-2-6-17(16(8-11)23(26)27)28-12-3-5-13-10(7-12)1-4-14(21-13)18-22-15(9-29-18)19(24)25;22-19(23)17-11-25-18(21-17)16-8-6-12-10-14(7-9-15(12)20-16)24-13-4-2-1-3-5-13/h1-8,15H,9H2,(H,24,25);1-10,17H,11H2,(H,22,23)/t15-;17-/m11/s1. The van der Waals surface area contributed by atoms with E-state index in [9.17, 15) is 24.1 Å². The highest BCUT2D eigenvalue weighted by atomic mass is 32.2. The van der Waals surface area contributed by atoms with E-state index in [-0.39, 0.29) is 5.75 Å². The van der Waals surface area contributed by atoms with Crippen LogP contribution in [0.15, 0.2) is 119 Å². The maximum Gasteiger partial charge on any atom is 0.329 e. The van der Waals surface area contributed by atoms with Crippen LogP contribution < -0.4 is 9.47 Å². The average molecular weight is 764 g/mol. The quantitative estimate of drug-likeness (QED) is 0.107. The number of aromatic nitrogens is 2. The van der Waals surface area contributed by atoms with Gasteiger partial charge in [-0.3, -0.25) is 20.1 Å². The monoisotopic (exact) mass is 763 g/mol. The summed E-state index contributed by atoms with van der Waals surface area (Å²) >= 11 is 2.77. The Kier molecular flexibility index (Phi) is 10.5. The molecule has 4 heterocycles. The Bertz CT molecular complexity index is 2500. The number of hydrogen-bond acceptors (Lipinski definition) is 12. The summed E-state index contributed by atoms with van der Waals surface area (Å²) in [5, 5.41) is 32.1. The van der Waals surface area contributed by atoms with E-state index in [1.807, 2.05) is 60.7 Å². The van der Waals surface area contributed by atoms with Crippen molar-refractivity contribution in [2.75, 3.05) is 11.5 Å². The van der Waals surface area contributed by atoms with E-state index in [0.29, 0.717) is 44.2 Å². The molecule has 0 aliphatic carbocycles. The number of aliphatic imine (C=N–C) groups is 2. The van der Waals surface area contributed by atoms with Gasteiger partial charge in [-0.05, 0) is 72.8 Å².